The Morgan fingerprint density at radius 1 is 1.00 bits per heavy atom. The molecule has 0 unspecified atom stereocenters. The molecule has 0 saturated carbocycles. The van der Waals surface area contributed by atoms with Gasteiger partial charge in [-0.1, -0.05) is 60.5 Å². The second-order valence-electron chi connectivity index (χ2n) is 6.52. The van der Waals surface area contributed by atoms with E-state index in [0.717, 1.165) is 15.1 Å². The van der Waals surface area contributed by atoms with Crippen molar-refractivity contribution in [1.82, 2.24) is 4.31 Å². The molecular weight excluding hydrogens is 431 g/mol. The van der Waals surface area contributed by atoms with E-state index in [0.29, 0.717) is 12.1 Å². The fourth-order valence-electron chi connectivity index (χ4n) is 2.98. The molecule has 0 bridgehead atoms. The number of amides is 1. The molecule has 3 aromatic carbocycles. The van der Waals surface area contributed by atoms with Crippen LogP contribution in [-0.2, 0) is 14.8 Å². The van der Waals surface area contributed by atoms with Crippen molar-refractivity contribution >= 4 is 55.6 Å². The molecule has 0 fully saturated rings. The van der Waals surface area contributed by atoms with Gasteiger partial charge in [-0.25, -0.2) is 8.42 Å². The van der Waals surface area contributed by atoms with Crippen molar-refractivity contribution in [2.75, 3.05) is 18.4 Å². The first-order chi connectivity index (χ1) is 13.8. The first kappa shape index (κ1) is 21.6. The predicted molar refractivity (Wildman–Crippen MR) is 118 cm³/mol. The summed E-state index contributed by atoms with van der Waals surface area (Å²) in [6.07, 6.45) is 0.542. The van der Waals surface area contributed by atoms with Crippen LogP contribution in [0.2, 0.25) is 10.0 Å². The summed E-state index contributed by atoms with van der Waals surface area (Å²) < 4.78 is 27.2. The Labute approximate surface area is 180 Å². The molecule has 0 saturated heterocycles. The Kier molecular flexibility index (Phi) is 6.80. The minimum absolute atomic E-state index is 0.0606. The second-order valence-corrected chi connectivity index (χ2v) is 9.27. The summed E-state index contributed by atoms with van der Waals surface area (Å²) >= 11 is 12.0. The lowest BCUT2D eigenvalue weighted by atomic mass is 10.1. The highest BCUT2D eigenvalue weighted by Gasteiger charge is 2.28. The summed E-state index contributed by atoms with van der Waals surface area (Å²) in [6.45, 7) is 1.69. The fraction of sp³-hybridized carbons (Fsp3) is 0.190. The average molecular weight is 451 g/mol. The topological polar surface area (TPSA) is 66.5 Å². The zero-order valence-electron chi connectivity index (χ0n) is 15.7. The monoisotopic (exact) mass is 450 g/mol. The molecule has 29 heavy (non-hydrogen) atoms. The summed E-state index contributed by atoms with van der Waals surface area (Å²) in [5.41, 5.74) is 0.600. The van der Waals surface area contributed by atoms with Gasteiger partial charge in [0.2, 0.25) is 15.9 Å². The lowest BCUT2D eigenvalue weighted by Gasteiger charge is -2.22. The van der Waals surface area contributed by atoms with E-state index in [1.807, 2.05) is 43.3 Å². The van der Waals surface area contributed by atoms with Crippen molar-refractivity contribution in [3.8, 4) is 0 Å². The third-order valence-electron chi connectivity index (χ3n) is 4.34. The second kappa shape index (κ2) is 9.13. The van der Waals surface area contributed by atoms with Crippen LogP contribution < -0.4 is 5.32 Å². The minimum atomic E-state index is -3.98. The number of hydrogen-bond donors (Lipinski definition) is 1. The van der Waals surface area contributed by atoms with Crippen molar-refractivity contribution in [2.24, 2.45) is 0 Å². The maximum atomic E-state index is 13.1. The Bertz CT molecular complexity index is 1150. The molecule has 1 amide bonds. The first-order valence-electron chi connectivity index (χ1n) is 9.05. The third kappa shape index (κ3) is 5.08. The Balaban J connectivity index is 1.81. The van der Waals surface area contributed by atoms with E-state index in [2.05, 4.69) is 5.32 Å². The van der Waals surface area contributed by atoms with Crippen molar-refractivity contribution < 1.29 is 13.2 Å². The predicted octanol–water partition coefficient (Wildman–Crippen LogP) is 5.19. The standard InChI is InChI=1S/C21H20Cl2N2O3S/c1-2-11-25(29(27,28)20-13-17(22)8-10-19(20)23)14-21(26)24-18-9-7-15-5-3-4-6-16(15)12-18/h3-10,12-13H,2,11,14H2,1H3,(H,24,26). The molecule has 3 rings (SSSR count). The molecule has 0 radical (unpaired) electrons. The van der Waals surface area contributed by atoms with E-state index in [4.69, 9.17) is 23.2 Å². The molecule has 0 aliphatic carbocycles. The molecule has 0 atom stereocenters. The SMILES string of the molecule is CCCN(CC(=O)Nc1ccc2ccccc2c1)S(=O)(=O)c1cc(Cl)ccc1Cl. The van der Waals surface area contributed by atoms with Gasteiger partial charge in [0, 0.05) is 17.3 Å². The van der Waals surface area contributed by atoms with E-state index in [1.54, 1.807) is 6.07 Å². The summed E-state index contributed by atoms with van der Waals surface area (Å²) in [5, 5.41) is 5.12. The van der Waals surface area contributed by atoms with Crippen LogP contribution in [0, 0.1) is 0 Å². The average Bonchev–Trinajstić information content (AvgIpc) is 2.69. The zero-order valence-corrected chi connectivity index (χ0v) is 18.1. The number of fused-ring (bicyclic) bond motifs is 1. The van der Waals surface area contributed by atoms with Crippen LogP contribution in [0.15, 0.2) is 65.6 Å². The van der Waals surface area contributed by atoms with Crippen LogP contribution >= 0.6 is 23.2 Å². The van der Waals surface area contributed by atoms with Crippen molar-refractivity contribution in [3.63, 3.8) is 0 Å². The molecular formula is C21H20Cl2N2O3S. The Morgan fingerprint density at radius 3 is 2.45 bits per heavy atom. The largest absolute Gasteiger partial charge is 0.325 e. The van der Waals surface area contributed by atoms with Gasteiger partial charge in [-0.15, -0.1) is 0 Å². The van der Waals surface area contributed by atoms with Crippen molar-refractivity contribution in [3.05, 3.63) is 70.7 Å². The zero-order chi connectivity index (χ0) is 21.0. The molecule has 8 heteroatoms. The van der Waals surface area contributed by atoms with Crippen molar-refractivity contribution in [1.29, 1.82) is 0 Å². The van der Waals surface area contributed by atoms with Crippen LogP contribution in [-0.4, -0.2) is 31.7 Å². The number of benzene rings is 3. The van der Waals surface area contributed by atoms with E-state index < -0.39 is 15.9 Å². The smallest absolute Gasteiger partial charge is 0.245 e. The number of anilines is 1. The summed E-state index contributed by atoms with van der Waals surface area (Å²) in [4.78, 5) is 12.5. The van der Waals surface area contributed by atoms with Crippen LogP contribution in [0.3, 0.4) is 0 Å². The van der Waals surface area contributed by atoms with Gasteiger partial charge < -0.3 is 5.32 Å². The fourth-order valence-corrected chi connectivity index (χ4v) is 5.20. The van der Waals surface area contributed by atoms with Crippen LogP contribution in [0.25, 0.3) is 10.8 Å². The summed E-state index contributed by atoms with van der Waals surface area (Å²) in [5.74, 6) is -0.435. The van der Waals surface area contributed by atoms with E-state index in [-0.39, 0.29) is 28.0 Å². The lowest BCUT2D eigenvalue weighted by Crippen LogP contribution is -2.38. The first-order valence-corrected chi connectivity index (χ1v) is 11.2. The molecule has 0 aliphatic rings. The molecule has 0 spiro atoms. The third-order valence-corrected chi connectivity index (χ3v) is 6.90. The number of carbonyl (C=O) groups excluding carboxylic acids is 1. The Hall–Kier alpha value is -2.12. The van der Waals surface area contributed by atoms with Gasteiger partial charge in [-0.2, -0.15) is 4.31 Å². The number of carbonyl (C=O) groups is 1. The molecule has 3 aromatic rings. The summed E-state index contributed by atoms with van der Waals surface area (Å²) in [6, 6.07) is 17.5. The van der Waals surface area contributed by atoms with E-state index in [9.17, 15) is 13.2 Å². The van der Waals surface area contributed by atoms with Crippen LogP contribution in [0.1, 0.15) is 13.3 Å². The number of hydrogen-bond acceptors (Lipinski definition) is 3. The lowest BCUT2D eigenvalue weighted by molar-refractivity contribution is -0.116. The van der Waals surface area contributed by atoms with Gasteiger partial charge in [0.05, 0.1) is 11.6 Å². The van der Waals surface area contributed by atoms with Gasteiger partial charge in [-0.3, -0.25) is 4.79 Å². The van der Waals surface area contributed by atoms with Crippen LogP contribution in [0.4, 0.5) is 5.69 Å². The number of nitrogens with one attached hydrogen (secondary N) is 1. The van der Waals surface area contributed by atoms with E-state index in [1.165, 1.54) is 18.2 Å². The van der Waals surface area contributed by atoms with Crippen LogP contribution in [0.5, 0.6) is 0 Å². The van der Waals surface area contributed by atoms with Gasteiger partial charge >= 0.3 is 0 Å². The maximum absolute atomic E-state index is 13.1. The van der Waals surface area contributed by atoms with Gasteiger partial charge in [0.25, 0.3) is 0 Å². The highest BCUT2D eigenvalue weighted by atomic mass is 35.5. The van der Waals surface area contributed by atoms with Gasteiger partial charge in [0.1, 0.15) is 4.90 Å². The highest BCUT2D eigenvalue weighted by Crippen LogP contribution is 2.28. The van der Waals surface area contributed by atoms with Gasteiger partial charge in [-0.05, 0) is 47.5 Å². The number of sulfonamides is 1. The molecule has 1 N–H and O–H groups in total. The van der Waals surface area contributed by atoms with E-state index >= 15 is 0 Å². The quantitative estimate of drug-likeness (QED) is 0.538. The molecule has 0 aromatic heterocycles. The maximum Gasteiger partial charge on any atom is 0.245 e. The van der Waals surface area contributed by atoms with Crippen molar-refractivity contribution in [2.45, 2.75) is 18.2 Å². The number of nitrogens with zero attached hydrogens (tertiary/aromatic N) is 1. The minimum Gasteiger partial charge on any atom is -0.325 e. The molecule has 0 heterocycles. The molecule has 152 valence electrons. The Morgan fingerprint density at radius 2 is 1.72 bits per heavy atom. The number of halogens is 2. The van der Waals surface area contributed by atoms with Gasteiger partial charge in [0.15, 0.2) is 0 Å². The highest BCUT2D eigenvalue weighted by molar-refractivity contribution is 7.89. The molecule has 0 aliphatic heterocycles. The normalized spacial score (nSPS) is 11.7. The molecule has 5 nitrogen and oxygen atoms in total. The number of rotatable bonds is 7. The summed E-state index contributed by atoms with van der Waals surface area (Å²) in [7, 11) is -3.98.